The van der Waals surface area contributed by atoms with Crippen molar-refractivity contribution < 1.29 is 15.0 Å². The Labute approximate surface area is 75.2 Å². The largest absolute Gasteiger partial charge is 0.480 e. The van der Waals surface area contributed by atoms with Crippen molar-refractivity contribution in [3.8, 4) is 0 Å². The molecule has 0 fully saturated rings. The second-order valence-electron chi connectivity index (χ2n) is 2.60. The predicted octanol–water partition coefficient (Wildman–Crippen LogP) is -2.58. The molecule has 0 heterocycles. The highest BCUT2D eigenvalue weighted by atomic mass is 16.4. The van der Waals surface area contributed by atoms with E-state index in [2.05, 4.69) is 4.99 Å². The molecule has 7 heteroatoms. The zero-order valence-corrected chi connectivity index (χ0v) is 7.05. The summed E-state index contributed by atoms with van der Waals surface area (Å²) in [6.45, 7) is -0.0384. The molecule has 0 aliphatic heterocycles. The molecular weight excluding hydrogens is 176 g/mol. The van der Waals surface area contributed by atoms with E-state index in [-0.39, 0.29) is 18.9 Å². The lowest BCUT2D eigenvalue weighted by Gasteiger charge is -2.10. The van der Waals surface area contributed by atoms with Gasteiger partial charge >= 0.3 is 5.97 Å². The Balaban J connectivity index is 3.80. The van der Waals surface area contributed by atoms with E-state index in [0.29, 0.717) is 0 Å². The summed E-state index contributed by atoms with van der Waals surface area (Å²) < 4.78 is 0. The molecule has 0 bridgehead atoms. The van der Waals surface area contributed by atoms with Crippen LogP contribution in [0.5, 0.6) is 0 Å². The molecule has 2 unspecified atom stereocenters. The second-order valence-corrected chi connectivity index (χ2v) is 2.60. The van der Waals surface area contributed by atoms with Gasteiger partial charge in [0.1, 0.15) is 6.04 Å². The summed E-state index contributed by atoms with van der Waals surface area (Å²) in [4.78, 5) is 13.8. The fraction of sp³-hybridized carbons (Fsp3) is 0.667. The standard InChI is InChI=1S/C6H14N4O3/c7-4(5(12)13)1-3(11)2-10-6(8)9/h3-4,11H,1-2,7H2,(H,12,13)(H4,8,9,10). The normalized spacial score (nSPS) is 14.6. The van der Waals surface area contributed by atoms with Crippen LogP contribution in [0, 0.1) is 0 Å². The number of carboxylic acids is 1. The van der Waals surface area contributed by atoms with Crippen LogP contribution in [0.1, 0.15) is 6.42 Å². The Bertz CT molecular complexity index is 202. The van der Waals surface area contributed by atoms with E-state index >= 15 is 0 Å². The molecule has 7 nitrogen and oxygen atoms in total. The molecule has 0 aromatic rings. The van der Waals surface area contributed by atoms with Crippen LogP contribution in [0.4, 0.5) is 0 Å². The van der Waals surface area contributed by atoms with Crippen LogP contribution >= 0.6 is 0 Å². The van der Waals surface area contributed by atoms with Crippen LogP contribution in [-0.2, 0) is 4.79 Å². The van der Waals surface area contributed by atoms with Crippen molar-refractivity contribution in [2.45, 2.75) is 18.6 Å². The third-order valence-corrected chi connectivity index (χ3v) is 1.33. The van der Waals surface area contributed by atoms with E-state index < -0.39 is 18.1 Å². The summed E-state index contributed by atoms with van der Waals surface area (Å²) in [5.74, 6) is -1.31. The fourth-order valence-corrected chi connectivity index (χ4v) is 0.679. The van der Waals surface area contributed by atoms with Gasteiger partial charge in [-0.1, -0.05) is 0 Å². The summed E-state index contributed by atoms with van der Waals surface area (Å²) in [6.07, 6.45) is -1.01. The lowest BCUT2D eigenvalue weighted by Crippen LogP contribution is -2.35. The highest BCUT2D eigenvalue weighted by Crippen LogP contribution is 1.96. The minimum atomic E-state index is -1.16. The third-order valence-electron chi connectivity index (χ3n) is 1.33. The van der Waals surface area contributed by atoms with E-state index in [1.165, 1.54) is 0 Å². The van der Waals surface area contributed by atoms with Crippen LogP contribution in [0.15, 0.2) is 4.99 Å². The van der Waals surface area contributed by atoms with Crippen molar-refractivity contribution >= 4 is 11.9 Å². The number of nitrogens with zero attached hydrogens (tertiary/aromatic N) is 1. The smallest absolute Gasteiger partial charge is 0.320 e. The van der Waals surface area contributed by atoms with Crippen LogP contribution in [-0.4, -0.2) is 40.8 Å². The van der Waals surface area contributed by atoms with Crippen LogP contribution in [0.25, 0.3) is 0 Å². The molecule has 0 saturated carbocycles. The van der Waals surface area contributed by atoms with E-state index in [4.69, 9.17) is 27.4 Å². The molecule has 0 amide bonds. The van der Waals surface area contributed by atoms with E-state index in [1.54, 1.807) is 0 Å². The lowest BCUT2D eigenvalue weighted by molar-refractivity contribution is -0.139. The number of hydrogen-bond donors (Lipinski definition) is 5. The third kappa shape index (κ3) is 5.88. The van der Waals surface area contributed by atoms with Gasteiger partial charge in [-0.15, -0.1) is 0 Å². The Kier molecular flexibility index (Phi) is 4.78. The van der Waals surface area contributed by atoms with Gasteiger partial charge in [-0.05, 0) is 0 Å². The zero-order valence-electron chi connectivity index (χ0n) is 7.05. The molecule has 8 N–H and O–H groups in total. The first-order valence-electron chi connectivity index (χ1n) is 3.65. The molecule has 0 spiro atoms. The minimum Gasteiger partial charge on any atom is -0.480 e. The summed E-state index contributed by atoms with van der Waals surface area (Å²) in [5, 5.41) is 17.5. The Morgan fingerprint density at radius 3 is 2.38 bits per heavy atom. The number of nitrogens with two attached hydrogens (primary N) is 3. The number of aliphatic hydroxyl groups excluding tert-OH is 1. The Morgan fingerprint density at radius 2 is 2.00 bits per heavy atom. The first-order valence-corrected chi connectivity index (χ1v) is 3.65. The minimum absolute atomic E-state index is 0.0384. The van der Waals surface area contributed by atoms with Gasteiger partial charge in [0, 0.05) is 6.42 Å². The fourth-order valence-electron chi connectivity index (χ4n) is 0.679. The Morgan fingerprint density at radius 1 is 1.46 bits per heavy atom. The van der Waals surface area contributed by atoms with Crippen molar-refractivity contribution in [3.05, 3.63) is 0 Å². The average Bonchev–Trinajstić information content (AvgIpc) is 2.00. The maximum Gasteiger partial charge on any atom is 0.320 e. The van der Waals surface area contributed by atoms with Crippen LogP contribution < -0.4 is 17.2 Å². The van der Waals surface area contributed by atoms with E-state index in [9.17, 15) is 4.79 Å². The summed E-state index contributed by atoms with van der Waals surface area (Å²) in [6, 6.07) is -1.09. The molecular formula is C6H14N4O3. The van der Waals surface area contributed by atoms with Gasteiger partial charge in [0.2, 0.25) is 0 Å². The predicted molar refractivity (Wildman–Crippen MR) is 46.9 cm³/mol. The lowest BCUT2D eigenvalue weighted by atomic mass is 10.1. The van der Waals surface area contributed by atoms with Crippen LogP contribution in [0.2, 0.25) is 0 Å². The second kappa shape index (κ2) is 5.33. The van der Waals surface area contributed by atoms with Crippen LogP contribution in [0.3, 0.4) is 0 Å². The SMILES string of the molecule is NC(N)=NCC(O)CC(N)C(=O)O. The highest BCUT2D eigenvalue weighted by Gasteiger charge is 2.16. The van der Waals surface area contributed by atoms with Crippen molar-refractivity contribution in [1.29, 1.82) is 0 Å². The van der Waals surface area contributed by atoms with Gasteiger partial charge in [0.05, 0.1) is 12.6 Å². The molecule has 0 radical (unpaired) electrons. The molecule has 0 aliphatic carbocycles. The number of aliphatic imine (C=N–C) groups is 1. The molecule has 76 valence electrons. The van der Waals surface area contributed by atoms with Gasteiger partial charge in [0.25, 0.3) is 0 Å². The van der Waals surface area contributed by atoms with Crippen molar-refractivity contribution in [3.63, 3.8) is 0 Å². The Hall–Kier alpha value is -1.34. The zero-order chi connectivity index (χ0) is 10.4. The molecule has 0 aliphatic rings. The number of carbonyl (C=O) groups is 1. The number of aliphatic carboxylic acids is 1. The highest BCUT2D eigenvalue weighted by molar-refractivity contribution is 5.75. The van der Waals surface area contributed by atoms with Gasteiger partial charge in [-0.3, -0.25) is 9.79 Å². The number of rotatable bonds is 5. The number of hydrogen-bond acceptors (Lipinski definition) is 4. The maximum absolute atomic E-state index is 10.3. The number of carboxylic acid groups (broad SMARTS) is 1. The van der Waals surface area contributed by atoms with Crippen molar-refractivity contribution in [1.82, 2.24) is 0 Å². The molecule has 13 heavy (non-hydrogen) atoms. The molecule has 0 aromatic carbocycles. The topological polar surface area (TPSA) is 148 Å². The molecule has 2 atom stereocenters. The van der Waals surface area contributed by atoms with Gasteiger partial charge in [-0.2, -0.15) is 0 Å². The maximum atomic E-state index is 10.3. The van der Waals surface area contributed by atoms with Crippen molar-refractivity contribution in [2.24, 2.45) is 22.2 Å². The average molecular weight is 190 g/mol. The summed E-state index contributed by atoms with van der Waals surface area (Å²) in [7, 11) is 0. The van der Waals surface area contributed by atoms with Gasteiger partial charge in [0.15, 0.2) is 5.96 Å². The quantitative estimate of drug-likeness (QED) is 0.237. The summed E-state index contributed by atoms with van der Waals surface area (Å²) in [5.41, 5.74) is 15.2. The van der Waals surface area contributed by atoms with E-state index in [0.717, 1.165) is 0 Å². The molecule has 0 rings (SSSR count). The number of aliphatic hydroxyl groups is 1. The molecule has 0 aromatic heterocycles. The van der Waals surface area contributed by atoms with E-state index in [1.807, 2.05) is 0 Å². The first kappa shape index (κ1) is 11.7. The summed E-state index contributed by atoms with van der Waals surface area (Å²) >= 11 is 0. The number of guanidine groups is 1. The monoisotopic (exact) mass is 190 g/mol. The van der Waals surface area contributed by atoms with Gasteiger partial charge < -0.3 is 27.4 Å². The van der Waals surface area contributed by atoms with Crippen molar-refractivity contribution in [2.75, 3.05) is 6.54 Å². The molecule has 0 saturated heterocycles. The first-order chi connectivity index (χ1) is 5.93. The van der Waals surface area contributed by atoms with Gasteiger partial charge in [-0.25, -0.2) is 0 Å².